The Balaban J connectivity index is 1.46. The molecule has 0 saturated heterocycles. The maximum atomic E-state index is 11.9. The molecular weight excluding hydrogens is 316 g/mol. The lowest BCUT2D eigenvalue weighted by molar-refractivity contribution is -0.384. The van der Waals surface area contributed by atoms with Gasteiger partial charge in [0.15, 0.2) is 11.5 Å². The summed E-state index contributed by atoms with van der Waals surface area (Å²) in [5.41, 5.74) is 0.293. The third-order valence-corrected chi connectivity index (χ3v) is 3.34. The molecule has 0 aromatic heterocycles. The summed E-state index contributed by atoms with van der Waals surface area (Å²) in [4.78, 5) is 22.0. The number of nitro groups is 1. The number of rotatable bonds is 6. The number of nitro benzene ring substituents is 1. The SMILES string of the molecule is O=C(NCCOc1ccc2c(c1)OCO2)c1ccc([N+](=O)[O-])cc1. The number of amides is 1. The van der Waals surface area contributed by atoms with Gasteiger partial charge in [0, 0.05) is 23.8 Å². The first-order valence-corrected chi connectivity index (χ1v) is 7.18. The summed E-state index contributed by atoms with van der Waals surface area (Å²) in [5, 5.41) is 13.3. The summed E-state index contributed by atoms with van der Waals surface area (Å²) in [6.07, 6.45) is 0. The van der Waals surface area contributed by atoms with Crippen molar-refractivity contribution in [1.82, 2.24) is 5.32 Å². The molecule has 0 aliphatic carbocycles. The fourth-order valence-electron chi connectivity index (χ4n) is 2.14. The second-order valence-electron chi connectivity index (χ2n) is 4.92. The van der Waals surface area contributed by atoms with Crippen molar-refractivity contribution in [3.05, 3.63) is 58.1 Å². The van der Waals surface area contributed by atoms with Gasteiger partial charge in [-0.05, 0) is 24.3 Å². The van der Waals surface area contributed by atoms with Crippen molar-refractivity contribution in [2.75, 3.05) is 19.9 Å². The van der Waals surface area contributed by atoms with Crippen LogP contribution < -0.4 is 19.5 Å². The molecule has 24 heavy (non-hydrogen) atoms. The zero-order valence-electron chi connectivity index (χ0n) is 12.6. The van der Waals surface area contributed by atoms with Gasteiger partial charge in [0.05, 0.1) is 11.5 Å². The van der Waals surface area contributed by atoms with E-state index in [9.17, 15) is 14.9 Å². The molecule has 0 spiro atoms. The van der Waals surface area contributed by atoms with Gasteiger partial charge in [-0.2, -0.15) is 0 Å². The fourth-order valence-corrected chi connectivity index (χ4v) is 2.14. The molecule has 8 nitrogen and oxygen atoms in total. The van der Waals surface area contributed by atoms with Gasteiger partial charge in [-0.3, -0.25) is 14.9 Å². The van der Waals surface area contributed by atoms with Gasteiger partial charge in [0.2, 0.25) is 6.79 Å². The van der Waals surface area contributed by atoms with E-state index in [1.165, 1.54) is 24.3 Å². The smallest absolute Gasteiger partial charge is 0.269 e. The molecule has 1 aliphatic rings. The highest BCUT2D eigenvalue weighted by Crippen LogP contribution is 2.34. The molecule has 2 aromatic rings. The van der Waals surface area contributed by atoms with E-state index in [1.54, 1.807) is 18.2 Å². The largest absolute Gasteiger partial charge is 0.492 e. The van der Waals surface area contributed by atoms with Crippen LogP contribution in [0.1, 0.15) is 10.4 Å². The van der Waals surface area contributed by atoms with Crippen LogP contribution in [0.2, 0.25) is 0 Å². The number of hydrogen-bond donors (Lipinski definition) is 1. The quantitative estimate of drug-likeness (QED) is 0.495. The minimum absolute atomic E-state index is 0.0577. The molecule has 1 amide bonds. The number of benzene rings is 2. The summed E-state index contributed by atoms with van der Waals surface area (Å²) in [5.74, 6) is 1.60. The summed E-state index contributed by atoms with van der Waals surface area (Å²) in [6.45, 7) is 0.771. The topological polar surface area (TPSA) is 99.9 Å². The number of non-ortho nitro benzene ring substituents is 1. The second-order valence-corrected chi connectivity index (χ2v) is 4.92. The Hall–Kier alpha value is -3.29. The average molecular weight is 330 g/mol. The lowest BCUT2D eigenvalue weighted by atomic mass is 10.2. The predicted octanol–water partition coefficient (Wildman–Crippen LogP) is 2.13. The third-order valence-electron chi connectivity index (χ3n) is 3.34. The van der Waals surface area contributed by atoms with Gasteiger partial charge in [0.25, 0.3) is 11.6 Å². The molecule has 0 saturated carbocycles. The molecule has 1 aliphatic heterocycles. The van der Waals surface area contributed by atoms with Crippen molar-refractivity contribution >= 4 is 11.6 Å². The number of hydrogen-bond acceptors (Lipinski definition) is 6. The Bertz CT molecular complexity index is 760. The van der Waals surface area contributed by atoms with E-state index >= 15 is 0 Å². The highest BCUT2D eigenvalue weighted by molar-refractivity contribution is 5.94. The first-order chi connectivity index (χ1) is 11.6. The molecule has 0 unspecified atom stereocenters. The average Bonchev–Trinajstić information content (AvgIpc) is 3.06. The van der Waals surface area contributed by atoms with Crippen LogP contribution in [0, 0.1) is 10.1 Å². The van der Waals surface area contributed by atoms with E-state index in [2.05, 4.69) is 5.32 Å². The lowest BCUT2D eigenvalue weighted by Crippen LogP contribution is -2.28. The van der Waals surface area contributed by atoms with E-state index in [4.69, 9.17) is 14.2 Å². The van der Waals surface area contributed by atoms with E-state index < -0.39 is 4.92 Å². The molecule has 0 fully saturated rings. The predicted molar refractivity (Wildman–Crippen MR) is 83.5 cm³/mol. The number of carbonyl (C=O) groups excluding carboxylic acids is 1. The first kappa shape index (κ1) is 15.6. The number of carbonyl (C=O) groups is 1. The van der Waals surface area contributed by atoms with Crippen LogP contribution in [-0.2, 0) is 0 Å². The lowest BCUT2D eigenvalue weighted by Gasteiger charge is -2.08. The molecule has 3 rings (SSSR count). The zero-order chi connectivity index (χ0) is 16.9. The zero-order valence-corrected chi connectivity index (χ0v) is 12.6. The summed E-state index contributed by atoms with van der Waals surface area (Å²) >= 11 is 0. The minimum Gasteiger partial charge on any atom is -0.492 e. The van der Waals surface area contributed by atoms with Gasteiger partial charge >= 0.3 is 0 Å². The first-order valence-electron chi connectivity index (χ1n) is 7.18. The van der Waals surface area contributed by atoms with Crippen molar-refractivity contribution in [2.45, 2.75) is 0 Å². The molecule has 1 heterocycles. The molecule has 8 heteroatoms. The van der Waals surface area contributed by atoms with E-state index in [1.807, 2.05) is 0 Å². The Labute approximate surface area is 137 Å². The summed E-state index contributed by atoms with van der Waals surface area (Å²) in [7, 11) is 0. The Kier molecular flexibility index (Phi) is 4.46. The van der Waals surface area contributed by atoms with Gasteiger partial charge < -0.3 is 19.5 Å². The van der Waals surface area contributed by atoms with E-state index in [0.717, 1.165) is 0 Å². The van der Waals surface area contributed by atoms with Crippen molar-refractivity contribution in [3.8, 4) is 17.2 Å². The molecule has 0 radical (unpaired) electrons. The highest BCUT2D eigenvalue weighted by Gasteiger charge is 2.13. The monoisotopic (exact) mass is 330 g/mol. The third kappa shape index (κ3) is 3.54. The molecule has 2 aromatic carbocycles. The normalized spacial score (nSPS) is 11.8. The molecule has 0 atom stereocenters. The van der Waals surface area contributed by atoms with Crippen molar-refractivity contribution < 1.29 is 23.9 Å². The van der Waals surface area contributed by atoms with Gasteiger partial charge in [-0.1, -0.05) is 0 Å². The summed E-state index contributed by atoms with van der Waals surface area (Å²) in [6, 6.07) is 10.6. The van der Waals surface area contributed by atoms with Crippen molar-refractivity contribution in [2.24, 2.45) is 0 Å². The van der Waals surface area contributed by atoms with Crippen LogP contribution in [0.4, 0.5) is 5.69 Å². The van der Waals surface area contributed by atoms with E-state index in [-0.39, 0.29) is 25.0 Å². The second kappa shape index (κ2) is 6.86. The highest BCUT2D eigenvalue weighted by atomic mass is 16.7. The number of nitrogens with one attached hydrogen (secondary N) is 1. The van der Waals surface area contributed by atoms with Crippen LogP contribution in [-0.4, -0.2) is 30.8 Å². The maximum Gasteiger partial charge on any atom is 0.269 e. The van der Waals surface area contributed by atoms with Crippen LogP contribution >= 0.6 is 0 Å². The summed E-state index contributed by atoms with van der Waals surface area (Å²) < 4.78 is 16.0. The Morgan fingerprint density at radius 2 is 1.92 bits per heavy atom. The van der Waals surface area contributed by atoms with E-state index in [0.29, 0.717) is 29.4 Å². The standard InChI is InChI=1S/C16H14N2O6/c19-16(11-1-3-12(4-2-11)18(20)21)17-7-8-22-13-5-6-14-15(9-13)24-10-23-14/h1-6,9H,7-8,10H2,(H,17,19). The number of fused-ring (bicyclic) bond motifs is 1. The van der Waals surface area contributed by atoms with Gasteiger partial charge in [0.1, 0.15) is 12.4 Å². The minimum atomic E-state index is -0.513. The van der Waals surface area contributed by atoms with Gasteiger partial charge in [-0.15, -0.1) is 0 Å². The molecule has 0 bridgehead atoms. The Morgan fingerprint density at radius 1 is 1.17 bits per heavy atom. The van der Waals surface area contributed by atoms with Gasteiger partial charge in [-0.25, -0.2) is 0 Å². The molecular formula is C16H14N2O6. The van der Waals surface area contributed by atoms with Crippen molar-refractivity contribution in [3.63, 3.8) is 0 Å². The van der Waals surface area contributed by atoms with Crippen LogP contribution in [0.3, 0.4) is 0 Å². The maximum absolute atomic E-state index is 11.9. The van der Waals surface area contributed by atoms with Crippen LogP contribution in [0.25, 0.3) is 0 Å². The van der Waals surface area contributed by atoms with Crippen LogP contribution in [0.5, 0.6) is 17.2 Å². The van der Waals surface area contributed by atoms with Crippen LogP contribution in [0.15, 0.2) is 42.5 Å². The Morgan fingerprint density at radius 3 is 2.67 bits per heavy atom. The fraction of sp³-hybridized carbons (Fsp3) is 0.188. The molecule has 1 N–H and O–H groups in total. The number of ether oxygens (including phenoxy) is 3. The molecule has 124 valence electrons. The number of nitrogens with zero attached hydrogens (tertiary/aromatic N) is 1. The van der Waals surface area contributed by atoms with Crippen molar-refractivity contribution in [1.29, 1.82) is 0 Å².